The van der Waals surface area contributed by atoms with Gasteiger partial charge in [-0.1, -0.05) is 48.0 Å². The Bertz CT molecular complexity index is 1250. The summed E-state index contributed by atoms with van der Waals surface area (Å²) in [7, 11) is -1.82. The van der Waals surface area contributed by atoms with Crippen molar-refractivity contribution in [1.82, 2.24) is 4.90 Å². The number of likely N-dealkylation sites (tertiary alicyclic amines) is 1. The Morgan fingerprint density at radius 1 is 0.906 bits per heavy atom. The molecule has 1 saturated heterocycles. The van der Waals surface area contributed by atoms with Crippen LogP contribution in [0.2, 0.25) is 0 Å². The molecule has 3 aromatic rings. The van der Waals surface area contributed by atoms with Crippen molar-refractivity contribution in [3.63, 3.8) is 0 Å². The van der Waals surface area contributed by atoms with E-state index < -0.39 is 10.1 Å². The molecule has 0 spiro atoms. The molecule has 0 bridgehead atoms. The van der Waals surface area contributed by atoms with E-state index in [-0.39, 0.29) is 10.7 Å². The number of thiophene rings is 1. The summed E-state index contributed by atoms with van der Waals surface area (Å²) >= 11 is 1.59. The van der Waals surface area contributed by atoms with Crippen molar-refractivity contribution in [3.8, 4) is 0 Å². The summed E-state index contributed by atoms with van der Waals surface area (Å²) in [4.78, 5) is 15.8. The van der Waals surface area contributed by atoms with E-state index in [1.807, 2.05) is 6.07 Å². The minimum atomic E-state index is -4.00. The largest absolute Gasteiger partial charge is 0.306 e. The fraction of sp³-hybridized carbons (Fsp3) is 0.240. The van der Waals surface area contributed by atoms with E-state index in [9.17, 15) is 13.2 Å². The number of hydrogen-bond acceptors (Lipinski definition) is 5. The molecule has 0 atom stereocenters. The highest BCUT2D eigenvalue weighted by Gasteiger charge is 2.27. The molecular formula is C25H25NO4S2. The van der Waals surface area contributed by atoms with Gasteiger partial charge in [-0.05, 0) is 60.2 Å². The van der Waals surface area contributed by atoms with Gasteiger partial charge in [0.2, 0.25) is 0 Å². The number of carbonyl (C=O) groups excluding carboxylic acids is 1. The second kappa shape index (κ2) is 9.50. The number of piperidine rings is 1. The molecular weight excluding hydrogens is 442 g/mol. The van der Waals surface area contributed by atoms with Crippen LogP contribution in [0.3, 0.4) is 0 Å². The lowest BCUT2D eigenvalue weighted by atomic mass is 9.88. The van der Waals surface area contributed by atoms with Gasteiger partial charge in [-0.2, -0.15) is 8.42 Å². The highest BCUT2D eigenvalue weighted by Crippen LogP contribution is 2.40. The van der Waals surface area contributed by atoms with E-state index in [1.54, 1.807) is 29.5 Å². The van der Waals surface area contributed by atoms with E-state index in [0.717, 1.165) is 30.8 Å². The molecule has 2 aliphatic rings. The van der Waals surface area contributed by atoms with Crippen molar-refractivity contribution >= 4 is 32.8 Å². The molecule has 32 heavy (non-hydrogen) atoms. The van der Waals surface area contributed by atoms with E-state index >= 15 is 0 Å². The molecule has 166 valence electrons. The molecule has 1 aliphatic carbocycles. The smallest absolute Gasteiger partial charge is 0.294 e. The zero-order chi connectivity index (χ0) is 22.7. The predicted octanol–water partition coefficient (Wildman–Crippen LogP) is 4.95. The number of carbonyl (C=O) groups is 1. The van der Waals surface area contributed by atoms with Crippen LogP contribution in [0.1, 0.15) is 39.2 Å². The van der Waals surface area contributed by atoms with Crippen LogP contribution in [0.25, 0.3) is 5.57 Å². The first-order valence-corrected chi connectivity index (χ1v) is 12.8. The molecule has 0 unspecified atom stereocenters. The zero-order valence-corrected chi connectivity index (χ0v) is 19.5. The van der Waals surface area contributed by atoms with Gasteiger partial charge in [0.05, 0.1) is 9.77 Å². The van der Waals surface area contributed by atoms with Gasteiger partial charge in [0.15, 0.2) is 5.78 Å². The Balaban J connectivity index is 0.000000207. The molecule has 1 aliphatic heterocycles. The van der Waals surface area contributed by atoms with Crippen LogP contribution in [-0.4, -0.2) is 43.8 Å². The summed E-state index contributed by atoms with van der Waals surface area (Å²) in [5.41, 5.74) is 6.47. The first kappa shape index (κ1) is 22.6. The van der Waals surface area contributed by atoms with Crippen molar-refractivity contribution < 1.29 is 17.8 Å². The molecule has 1 N–H and O–H groups in total. The third-order valence-electron chi connectivity index (χ3n) is 5.81. The summed E-state index contributed by atoms with van der Waals surface area (Å²) in [6.45, 7) is 2.21. The van der Waals surface area contributed by atoms with Crippen LogP contribution >= 0.6 is 11.3 Å². The Hall–Kier alpha value is -2.58. The lowest BCUT2D eigenvalue weighted by molar-refractivity contribution is 0.0997. The van der Waals surface area contributed by atoms with Gasteiger partial charge in [-0.3, -0.25) is 9.35 Å². The quantitative estimate of drug-likeness (QED) is 0.513. The van der Waals surface area contributed by atoms with Gasteiger partial charge >= 0.3 is 0 Å². The maximum absolute atomic E-state index is 12.6. The summed E-state index contributed by atoms with van der Waals surface area (Å²) in [5.74, 6) is 0.265. The Kier molecular flexibility index (Phi) is 6.71. The Labute approximate surface area is 192 Å². The molecule has 1 aromatic heterocycles. The monoisotopic (exact) mass is 467 g/mol. The first-order valence-electron chi connectivity index (χ1n) is 10.5. The summed E-state index contributed by atoms with van der Waals surface area (Å²) < 4.78 is 29.2. The number of rotatable bonds is 1. The van der Waals surface area contributed by atoms with Gasteiger partial charge < -0.3 is 4.90 Å². The van der Waals surface area contributed by atoms with Crippen molar-refractivity contribution in [1.29, 1.82) is 0 Å². The number of Topliss-reactive ketones (excluding diaryl/α,β-unsaturated/α-hetero) is 1. The Morgan fingerprint density at radius 2 is 1.56 bits per heavy atom. The van der Waals surface area contributed by atoms with Crippen molar-refractivity contribution in [3.05, 3.63) is 93.2 Å². The summed E-state index contributed by atoms with van der Waals surface area (Å²) in [6.07, 6.45) is 2.73. The lowest BCUT2D eigenvalue weighted by Gasteiger charge is -2.27. The molecule has 2 aromatic carbocycles. The van der Waals surface area contributed by atoms with Crippen LogP contribution in [-0.2, 0) is 16.5 Å². The normalized spacial score (nSPS) is 16.5. The van der Waals surface area contributed by atoms with E-state index in [2.05, 4.69) is 41.6 Å². The van der Waals surface area contributed by atoms with E-state index in [1.165, 1.54) is 40.0 Å². The number of hydrogen-bond donors (Lipinski definition) is 1. The minimum Gasteiger partial charge on any atom is -0.306 e. The number of nitrogens with zero attached hydrogens (tertiary/aromatic N) is 1. The highest BCUT2D eigenvalue weighted by atomic mass is 32.2. The molecule has 0 radical (unpaired) electrons. The van der Waals surface area contributed by atoms with Crippen LogP contribution in [0, 0.1) is 0 Å². The second-order valence-corrected chi connectivity index (χ2v) is 10.3. The minimum absolute atomic E-state index is 0.0741. The Morgan fingerprint density at radius 3 is 2.22 bits per heavy atom. The molecule has 5 nitrogen and oxygen atoms in total. The van der Waals surface area contributed by atoms with Gasteiger partial charge in [-0.25, -0.2) is 0 Å². The zero-order valence-electron chi connectivity index (χ0n) is 17.8. The second-order valence-electron chi connectivity index (χ2n) is 7.99. The van der Waals surface area contributed by atoms with Crippen molar-refractivity contribution in [2.75, 3.05) is 20.1 Å². The van der Waals surface area contributed by atoms with Gasteiger partial charge in [-0.15, -0.1) is 11.3 Å². The van der Waals surface area contributed by atoms with Crippen LogP contribution in [0.4, 0.5) is 0 Å². The van der Waals surface area contributed by atoms with Crippen LogP contribution < -0.4 is 0 Å². The fourth-order valence-corrected chi connectivity index (χ4v) is 5.49. The summed E-state index contributed by atoms with van der Waals surface area (Å²) in [5, 5.41) is 2.06. The lowest BCUT2D eigenvalue weighted by Crippen LogP contribution is -2.27. The number of benzene rings is 2. The van der Waals surface area contributed by atoms with Gasteiger partial charge in [0.25, 0.3) is 10.1 Å². The standard InChI is InChI=1S/C19H19NOS.C6H6O3S/c1-20-9-6-13(7-10-20)18-15-5-3-2-4-14(15)12-17(21)19-16(18)8-11-22-19;7-10(8,9)6-4-2-1-3-5-6/h2-5,8,11H,6-7,9-10,12H2,1H3;1-5H,(H,7,8,9). The molecule has 1 fully saturated rings. The third kappa shape index (κ3) is 4.91. The number of ketones is 1. The predicted molar refractivity (Wildman–Crippen MR) is 128 cm³/mol. The molecule has 0 saturated carbocycles. The SMILES string of the molecule is CN1CCC(=C2c3ccccc3CC(=O)c3sccc32)CC1.O=S(=O)(O)c1ccccc1. The maximum Gasteiger partial charge on any atom is 0.294 e. The van der Waals surface area contributed by atoms with E-state index in [0.29, 0.717) is 6.42 Å². The van der Waals surface area contributed by atoms with Gasteiger partial charge in [0.1, 0.15) is 0 Å². The summed E-state index contributed by atoms with van der Waals surface area (Å²) in [6, 6.07) is 18.0. The van der Waals surface area contributed by atoms with Crippen molar-refractivity contribution in [2.45, 2.75) is 24.2 Å². The molecule has 5 rings (SSSR count). The molecule has 0 amide bonds. The van der Waals surface area contributed by atoms with E-state index in [4.69, 9.17) is 4.55 Å². The van der Waals surface area contributed by atoms with Crippen LogP contribution in [0.5, 0.6) is 0 Å². The average Bonchev–Trinajstić information content (AvgIpc) is 3.22. The fourth-order valence-electron chi connectivity index (χ4n) is 4.15. The topological polar surface area (TPSA) is 74.7 Å². The first-order chi connectivity index (χ1) is 15.3. The average molecular weight is 468 g/mol. The van der Waals surface area contributed by atoms with Crippen molar-refractivity contribution in [2.24, 2.45) is 0 Å². The number of fused-ring (bicyclic) bond motifs is 2. The molecule has 7 heteroatoms. The highest BCUT2D eigenvalue weighted by molar-refractivity contribution is 7.85. The van der Waals surface area contributed by atoms with Crippen LogP contribution in [0.15, 0.2) is 76.5 Å². The van der Waals surface area contributed by atoms with Gasteiger partial charge in [0, 0.05) is 25.1 Å². The maximum atomic E-state index is 12.6. The third-order valence-corrected chi connectivity index (χ3v) is 7.63. The molecule has 2 heterocycles.